The Morgan fingerprint density at radius 1 is 1.05 bits per heavy atom. The molecular formula is C16H31N3. The van der Waals surface area contributed by atoms with Crippen molar-refractivity contribution in [2.24, 2.45) is 11.7 Å². The summed E-state index contributed by atoms with van der Waals surface area (Å²) in [5.41, 5.74) is 6.61. The van der Waals surface area contributed by atoms with Crippen LogP contribution in [0.2, 0.25) is 0 Å². The molecule has 3 aliphatic heterocycles. The number of hydrogen-bond acceptors (Lipinski definition) is 3. The Bertz CT molecular complexity index is 316. The second kappa shape index (κ2) is 5.01. The van der Waals surface area contributed by atoms with E-state index in [1.54, 1.807) is 0 Å². The van der Waals surface area contributed by atoms with Crippen LogP contribution in [0, 0.1) is 5.92 Å². The summed E-state index contributed by atoms with van der Waals surface area (Å²) in [5, 5.41) is 0. The number of piperidine rings is 2. The van der Waals surface area contributed by atoms with Crippen molar-refractivity contribution in [1.29, 1.82) is 0 Å². The molecule has 3 nitrogen and oxygen atoms in total. The van der Waals surface area contributed by atoms with Gasteiger partial charge in [0.25, 0.3) is 0 Å². The molecule has 3 rings (SSSR count). The predicted octanol–water partition coefficient (Wildman–Crippen LogP) is 2.06. The molecule has 0 saturated carbocycles. The fourth-order valence-corrected chi connectivity index (χ4v) is 5.01. The van der Waals surface area contributed by atoms with E-state index in [1.807, 2.05) is 0 Å². The van der Waals surface area contributed by atoms with Gasteiger partial charge < -0.3 is 10.6 Å². The molecule has 4 unspecified atom stereocenters. The van der Waals surface area contributed by atoms with Gasteiger partial charge in [-0.2, -0.15) is 0 Å². The van der Waals surface area contributed by atoms with Gasteiger partial charge in [0, 0.05) is 36.8 Å². The first-order chi connectivity index (χ1) is 9.05. The van der Waals surface area contributed by atoms with Crippen LogP contribution in [0.5, 0.6) is 0 Å². The standard InChI is InChI=1S/C16H31N3/c1-12-4-5-13(2)19(10-12)16(11-17)8-14-6-7-15(9-16)18(14)3/h12-15H,4-11,17H2,1-3H3. The van der Waals surface area contributed by atoms with Gasteiger partial charge >= 0.3 is 0 Å². The second-order valence-corrected chi connectivity index (χ2v) is 7.57. The van der Waals surface area contributed by atoms with E-state index in [0.717, 1.165) is 30.6 Å². The molecule has 0 aromatic carbocycles. The first kappa shape index (κ1) is 13.8. The number of fused-ring (bicyclic) bond motifs is 2. The zero-order valence-corrected chi connectivity index (χ0v) is 12.9. The van der Waals surface area contributed by atoms with Gasteiger partial charge in [-0.15, -0.1) is 0 Å². The van der Waals surface area contributed by atoms with Crippen LogP contribution in [0.15, 0.2) is 0 Å². The van der Waals surface area contributed by atoms with E-state index >= 15 is 0 Å². The number of nitrogens with two attached hydrogens (primary N) is 1. The highest BCUT2D eigenvalue weighted by Gasteiger charge is 2.50. The second-order valence-electron chi connectivity index (χ2n) is 7.57. The maximum atomic E-state index is 6.31. The van der Waals surface area contributed by atoms with Crippen LogP contribution in [0.1, 0.15) is 52.4 Å². The molecule has 3 heterocycles. The van der Waals surface area contributed by atoms with E-state index in [9.17, 15) is 0 Å². The van der Waals surface area contributed by atoms with E-state index in [-0.39, 0.29) is 0 Å². The molecule has 110 valence electrons. The Hall–Kier alpha value is -0.120. The SMILES string of the molecule is CC1CCC(C)N(C2(CN)CC3CCC(C2)N3C)C1. The maximum absolute atomic E-state index is 6.31. The first-order valence-corrected chi connectivity index (χ1v) is 8.24. The van der Waals surface area contributed by atoms with Gasteiger partial charge in [-0.3, -0.25) is 4.90 Å². The summed E-state index contributed by atoms with van der Waals surface area (Å²) < 4.78 is 0. The fourth-order valence-electron chi connectivity index (χ4n) is 5.01. The normalized spacial score (nSPS) is 48.6. The molecular weight excluding hydrogens is 234 g/mol. The summed E-state index contributed by atoms with van der Waals surface area (Å²) in [7, 11) is 2.32. The molecule has 0 spiro atoms. The van der Waals surface area contributed by atoms with Gasteiger partial charge in [-0.25, -0.2) is 0 Å². The molecule has 3 heteroatoms. The van der Waals surface area contributed by atoms with Crippen molar-refractivity contribution >= 4 is 0 Å². The first-order valence-electron chi connectivity index (χ1n) is 8.24. The molecule has 4 atom stereocenters. The monoisotopic (exact) mass is 265 g/mol. The minimum Gasteiger partial charge on any atom is -0.329 e. The van der Waals surface area contributed by atoms with E-state index in [1.165, 1.54) is 45.1 Å². The molecule has 3 aliphatic rings. The number of rotatable bonds is 2. The largest absolute Gasteiger partial charge is 0.329 e. The van der Waals surface area contributed by atoms with Crippen molar-refractivity contribution in [3.8, 4) is 0 Å². The summed E-state index contributed by atoms with van der Waals surface area (Å²) in [6.45, 7) is 6.95. The third-order valence-electron chi connectivity index (χ3n) is 6.32. The van der Waals surface area contributed by atoms with Crippen molar-refractivity contribution in [2.45, 2.75) is 76.0 Å². The Labute approximate surface area is 118 Å². The highest BCUT2D eigenvalue weighted by molar-refractivity contribution is 5.08. The van der Waals surface area contributed by atoms with Crippen LogP contribution in [0.25, 0.3) is 0 Å². The van der Waals surface area contributed by atoms with E-state index in [0.29, 0.717) is 5.54 Å². The topological polar surface area (TPSA) is 32.5 Å². The molecule has 0 amide bonds. The van der Waals surface area contributed by atoms with Crippen molar-refractivity contribution in [2.75, 3.05) is 20.1 Å². The summed E-state index contributed by atoms with van der Waals surface area (Å²) >= 11 is 0. The highest BCUT2D eigenvalue weighted by atomic mass is 15.3. The van der Waals surface area contributed by atoms with Crippen LogP contribution in [-0.2, 0) is 0 Å². The van der Waals surface area contributed by atoms with Gasteiger partial charge in [0.2, 0.25) is 0 Å². The number of nitrogens with zero attached hydrogens (tertiary/aromatic N) is 2. The van der Waals surface area contributed by atoms with Crippen LogP contribution in [-0.4, -0.2) is 53.6 Å². The minimum atomic E-state index is 0.298. The molecule has 0 aliphatic carbocycles. The third-order valence-corrected chi connectivity index (χ3v) is 6.32. The Balaban J connectivity index is 1.83. The molecule has 2 N–H and O–H groups in total. The molecule has 3 fully saturated rings. The van der Waals surface area contributed by atoms with Gasteiger partial charge in [0.05, 0.1) is 0 Å². The Kier molecular flexibility index (Phi) is 3.65. The smallest absolute Gasteiger partial charge is 0.0364 e. The van der Waals surface area contributed by atoms with Gasteiger partial charge in [0.1, 0.15) is 0 Å². The molecule has 3 saturated heterocycles. The van der Waals surface area contributed by atoms with E-state index in [2.05, 4.69) is 30.7 Å². The van der Waals surface area contributed by atoms with Crippen molar-refractivity contribution in [3.05, 3.63) is 0 Å². The van der Waals surface area contributed by atoms with Crippen LogP contribution in [0.4, 0.5) is 0 Å². The average Bonchev–Trinajstić information content (AvgIpc) is 2.65. The molecule has 0 aromatic rings. The van der Waals surface area contributed by atoms with Gasteiger partial charge in [-0.1, -0.05) is 6.92 Å². The molecule has 2 bridgehead atoms. The van der Waals surface area contributed by atoms with Crippen LogP contribution < -0.4 is 5.73 Å². The highest BCUT2D eigenvalue weighted by Crippen LogP contribution is 2.44. The van der Waals surface area contributed by atoms with Crippen LogP contribution >= 0.6 is 0 Å². The fraction of sp³-hybridized carbons (Fsp3) is 1.00. The lowest BCUT2D eigenvalue weighted by molar-refractivity contribution is -0.0451. The summed E-state index contributed by atoms with van der Waals surface area (Å²) in [6, 6.07) is 2.29. The summed E-state index contributed by atoms with van der Waals surface area (Å²) in [5.74, 6) is 0.844. The summed E-state index contributed by atoms with van der Waals surface area (Å²) in [4.78, 5) is 5.44. The zero-order valence-electron chi connectivity index (χ0n) is 12.9. The lowest BCUT2D eigenvalue weighted by Crippen LogP contribution is -2.65. The molecule has 0 aromatic heterocycles. The van der Waals surface area contributed by atoms with Crippen molar-refractivity contribution < 1.29 is 0 Å². The summed E-state index contributed by atoms with van der Waals surface area (Å²) in [6.07, 6.45) is 8.13. The number of hydrogen-bond donors (Lipinski definition) is 1. The number of likely N-dealkylation sites (tertiary alicyclic amines) is 1. The predicted molar refractivity (Wildman–Crippen MR) is 80.2 cm³/mol. The van der Waals surface area contributed by atoms with Crippen molar-refractivity contribution in [1.82, 2.24) is 9.80 Å². The molecule has 0 radical (unpaired) electrons. The quantitative estimate of drug-likeness (QED) is 0.829. The average molecular weight is 265 g/mol. The Morgan fingerprint density at radius 2 is 1.68 bits per heavy atom. The third kappa shape index (κ3) is 2.24. The Morgan fingerprint density at radius 3 is 2.26 bits per heavy atom. The zero-order chi connectivity index (χ0) is 13.6. The lowest BCUT2D eigenvalue weighted by Gasteiger charge is -2.55. The minimum absolute atomic E-state index is 0.298. The van der Waals surface area contributed by atoms with Gasteiger partial charge in [-0.05, 0) is 58.4 Å². The van der Waals surface area contributed by atoms with E-state index < -0.39 is 0 Å². The maximum Gasteiger partial charge on any atom is 0.0364 e. The molecule has 19 heavy (non-hydrogen) atoms. The van der Waals surface area contributed by atoms with Crippen molar-refractivity contribution in [3.63, 3.8) is 0 Å². The van der Waals surface area contributed by atoms with E-state index in [4.69, 9.17) is 5.73 Å². The van der Waals surface area contributed by atoms with Crippen LogP contribution in [0.3, 0.4) is 0 Å². The van der Waals surface area contributed by atoms with Gasteiger partial charge in [0.15, 0.2) is 0 Å². The lowest BCUT2D eigenvalue weighted by atomic mass is 9.78.